The summed E-state index contributed by atoms with van der Waals surface area (Å²) in [5.74, 6) is 0.992. The molecule has 1 aliphatic rings. The molecule has 1 amide bonds. The summed E-state index contributed by atoms with van der Waals surface area (Å²) in [5.41, 5.74) is 2.75. The molecule has 28 heavy (non-hydrogen) atoms. The summed E-state index contributed by atoms with van der Waals surface area (Å²) >= 11 is 1.63. The Hall–Kier alpha value is -2.50. The molecule has 1 N–H and O–H groups in total. The highest BCUT2D eigenvalue weighted by Gasteiger charge is 2.26. The summed E-state index contributed by atoms with van der Waals surface area (Å²) in [4.78, 5) is 23.3. The maximum Gasteiger partial charge on any atom is 0.223 e. The zero-order valence-electron chi connectivity index (χ0n) is 15.8. The first-order valence-electron chi connectivity index (χ1n) is 9.63. The molecule has 1 aliphatic heterocycles. The number of imidazole rings is 1. The quantitative estimate of drug-likeness (QED) is 0.713. The molecule has 0 spiro atoms. The van der Waals surface area contributed by atoms with Crippen LogP contribution in [0.25, 0.3) is 21.3 Å². The first-order chi connectivity index (χ1) is 13.6. The van der Waals surface area contributed by atoms with Gasteiger partial charge < -0.3 is 14.6 Å². The number of hydrogen-bond donors (Lipinski definition) is 1. The van der Waals surface area contributed by atoms with Gasteiger partial charge in [0.1, 0.15) is 17.4 Å². The average molecular weight is 398 g/mol. The average Bonchev–Trinajstić information content (AvgIpc) is 3.30. The molecule has 4 rings (SSSR count). The molecular weight excluding hydrogens is 374 g/mol. The number of rotatable bonds is 5. The van der Waals surface area contributed by atoms with E-state index in [-0.39, 0.29) is 24.7 Å². The van der Waals surface area contributed by atoms with Crippen LogP contribution in [0.15, 0.2) is 17.6 Å². The van der Waals surface area contributed by atoms with Crippen molar-refractivity contribution in [1.82, 2.24) is 19.4 Å². The summed E-state index contributed by atoms with van der Waals surface area (Å²) in [7, 11) is 0. The standard InChI is InChI=1S/C20H23N5O2S/c1-13(26)20-23-16-10-22-15-6-9-28-19(15)18(16)25(20)12-14-4-3-8-24(11-14)17(27)5-2-7-21/h6,9-10,13-14,26H,2-5,8,11-12H2,1H3/t13-,14+/m1/s1. The SMILES string of the molecule is C[C@@H](O)c1nc2cnc3ccsc3c2n1C[C@H]1CCCN(C(=O)CCC#N)C1. The van der Waals surface area contributed by atoms with Crippen molar-refractivity contribution in [3.8, 4) is 6.07 Å². The van der Waals surface area contributed by atoms with E-state index in [0.29, 0.717) is 18.9 Å². The lowest BCUT2D eigenvalue weighted by Gasteiger charge is -2.33. The number of hydrogen-bond acceptors (Lipinski definition) is 6. The molecule has 7 nitrogen and oxygen atoms in total. The third-order valence-corrected chi connectivity index (χ3v) is 6.26. The number of carbonyl (C=O) groups excluding carboxylic acids is 1. The van der Waals surface area contributed by atoms with E-state index in [1.807, 2.05) is 22.4 Å². The number of fused-ring (bicyclic) bond motifs is 3. The number of carbonyl (C=O) groups is 1. The fraction of sp³-hybridized carbons (Fsp3) is 0.500. The van der Waals surface area contributed by atoms with Gasteiger partial charge in [-0.15, -0.1) is 11.3 Å². The number of likely N-dealkylation sites (tertiary alicyclic amines) is 1. The summed E-state index contributed by atoms with van der Waals surface area (Å²) < 4.78 is 3.20. The minimum atomic E-state index is -0.681. The Labute approximate surface area is 167 Å². The smallest absolute Gasteiger partial charge is 0.223 e. The number of aliphatic hydroxyl groups is 1. The minimum absolute atomic E-state index is 0.0577. The number of aromatic nitrogens is 3. The Morgan fingerprint density at radius 3 is 3.14 bits per heavy atom. The van der Waals surface area contributed by atoms with Gasteiger partial charge in [-0.3, -0.25) is 9.78 Å². The van der Waals surface area contributed by atoms with E-state index in [9.17, 15) is 9.90 Å². The monoisotopic (exact) mass is 397 g/mol. The number of nitriles is 1. The van der Waals surface area contributed by atoms with Crippen molar-refractivity contribution in [2.75, 3.05) is 13.1 Å². The third kappa shape index (κ3) is 3.48. The van der Waals surface area contributed by atoms with Gasteiger partial charge in [0.2, 0.25) is 5.91 Å². The van der Waals surface area contributed by atoms with Crippen molar-refractivity contribution in [1.29, 1.82) is 5.26 Å². The molecule has 0 bridgehead atoms. The van der Waals surface area contributed by atoms with Crippen molar-refractivity contribution in [2.24, 2.45) is 5.92 Å². The Morgan fingerprint density at radius 2 is 2.36 bits per heavy atom. The molecule has 0 aliphatic carbocycles. The van der Waals surface area contributed by atoms with Gasteiger partial charge in [0.25, 0.3) is 0 Å². The molecule has 3 aromatic rings. The highest BCUT2D eigenvalue weighted by atomic mass is 32.1. The fourth-order valence-corrected chi connectivity index (χ4v) is 4.95. The van der Waals surface area contributed by atoms with Crippen LogP contribution in [0.3, 0.4) is 0 Å². The van der Waals surface area contributed by atoms with E-state index in [1.54, 1.807) is 24.5 Å². The molecule has 0 aromatic carbocycles. The number of aliphatic hydroxyl groups excluding tert-OH is 1. The first-order valence-corrected chi connectivity index (χ1v) is 10.5. The molecular formula is C20H23N5O2S. The molecule has 0 radical (unpaired) electrons. The highest BCUT2D eigenvalue weighted by Crippen LogP contribution is 2.32. The number of pyridine rings is 1. The molecule has 146 valence electrons. The fourth-order valence-electron chi connectivity index (χ4n) is 4.05. The molecule has 1 fully saturated rings. The van der Waals surface area contributed by atoms with Gasteiger partial charge in [-0.1, -0.05) is 0 Å². The molecule has 0 unspecified atom stereocenters. The second-order valence-electron chi connectivity index (χ2n) is 7.39. The predicted molar refractivity (Wildman–Crippen MR) is 108 cm³/mol. The second-order valence-corrected chi connectivity index (χ2v) is 8.31. The van der Waals surface area contributed by atoms with Crippen LogP contribution in [0.4, 0.5) is 0 Å². The Morgan fingerprint density at radius 1 is 1.50 bits per heavy atom. The molecule has 2 atom stereocenters. The van der Waals surface area contributed by atoms with Crippen molar-refractivity contribution in [3.05, 3.63) is 23.5 Å². The maximum atomic E-state index is 12.3. The molecule has 8 heteroatoms. The zero-order chi connectivity index (χ0) is 19.7. The van der Waals surface area contributed by atoms with Gasteiger partial charge in [0.05, 0.1) is 28.0 Å². The van der Waals surface area contributed by atoms with Crippen LogP contribution in [-0.2, 0) is 11.3 Å². The number of thiophene rings is 1. The first kappa shape index (κ1) is 18.8. The van der Waals surface area contributed by atoms with Crippen LogP contribution in [0.2, 0.25) is 0 Å². The highest BCUT2D eigenvalue weighted by molar-refractivity contribution is 7.18. The number of amides is 1. The zero-order valence-corrected chi connectivity index (χ0v) is 16.7. The van der Waals surface area contributed by atoms with Crippen LogP contribution in [0.5, 0.6) is 0 Å². The van der Waals surface area contributed by atoms with Gasteiger partial charge in [0, 0.05) is 32.5 Å². The second kappa shape index (κ2) is 7.86. The van der Waals surface area contributed by atoms with Crippen molar-refractivity contribution >= 4 is 38.5 Å². The van der Waals surface area contributed by atoms with Crippen LogP contribution in [0.1, 0.15) is 44.5 Å². The normalized spacial score (nSPS) is 18.5. The Bertz CT molecular complexity index is 1050. The van der Waals surface area contributed by atoms with Crippen molar-refractivity contribution in [3.63, 3.8) is 0 Å². The van der Waals surface area contributed by atoms with Crippen molar-refractivity contribution in [2.45, 2.75) is 45.3 Å². The van der Waals surface area contributed by atoms with Gasteiger partial charge in [-0.2, -0.15) is 5.26 Å². The Kier molecular flexibility index (Phi) is 5.29. The number of piperidine rings is 1. The summed E-state index contributed by atoms with van der Waals surface area (Å²) in [6.07, 6.45) is 3.62. The van der Waals surface area contributed by atoms with Crippen LogP contribution < -0.4 is 0 Å². The minimum Gasteiger partial charge on any atom is -0.385 e. The van der Waals surface area contributed by atoms with E-state index < -0.39 is 6.10 Å². The summed E-state index contributed by atoms with van der Waals surface area (Å²) in [6.45, 7) is 3.88. The third-order valence-electron chi connectivity index (χ3n) is 5.35. The van der Waals surface area contributed by atoms with E-state index in [2.05, 4.69) is 14.5 Å². The van der Waals surface area contributed by atoms with Gasteiger partial charge in [-0.25, -0.2) is 4.98 Å². The van der Waals surface area contributed by atoms with E-state index in [4.69, 9.17) is 5.26 Å². The van der Waals surface area contributed by atoms with Crippen LogP contribution in [0, 0.1) is 17.2 Å². The predicted octanol–water partition coefficient (Wildman–Crippen LogP) is 3.24. The molecule has 3 aromatic heterocycles. The lowest BCUT2D eigenvalue weighted by atomic mass is 9.97. The van der Waals surface area contributed by atoms with Crippen molar-refractivity contribution < 1.29 is 9.90 Å². The maximum absolute atomic E-state index is 12.3. The summed E-state index contributed by atoms with van der Waals surface area (Å²) in [5, 5.41) is 21.0. The topological polar surface area (TPSA) is 95.0 Å². The van der Waals surface area contributed by atoms with Gasteiger partial charge in [-0.05, 0) is 37.1 Å². The molecule has 4 heterocycles. The number of nitrogens with zero attached hydrogens (tertiary/aromatic N) is 5. The van der Waals surface area contributed by atoms with Crippen LogP contribution >= 0.6 is 11.3 Å². The lowest BCUT2D eigenvalue weighted by Crippen LogP contribution is -2.41. The van der Waals surface area contributed by atoms with E-state index in [0.717, 1.165) is 40.6 Å². The van der Waals surface area contributed by atoms with E-state index in [1.165, 1.54) is 0 Å². The summed E-state index contributed by atoms with van der Waals surface area (Å²) in [6, 6.07) is 4.04. The molecule has 1 saturated heterocycles. The van der Waals surface area contributed by atoms with Gasteiger partial charge >= 0.3 is 0 Å². The lowest BCUT2D eigenvalue weighted by molar-refractivity contribution is -0.133. The van der Waals surface area contributed by atoms with Crippen LogP contribution in [-0.4, -0.2) is 43.5 Å². The largest absolute Gasteiger partial charge is 0.385 e. The van der Waals surface area contributed by atoms with E-state index >= 15 is 0 Å². The molecule has 0 saturated carbocycles. The van der Waals surface area contributed by atoms with Gasteiger partial charge in [0.15, 0.2) is 0 Å². The Balaban J connectivity index is 1.65.